The van der Waals surface area contributed by atoms with Gasteiger partial charge >= 0.3 is 5.97 Å². The van der Waals surface area contributed by atoms with Gasteiger partial charge in [0.05, 0.1) is 31.4 Å². The Morgan fingerprint density at radius 2 is 1.67 bits per heavy atom. The summed E-state index contributed by atoms with van der Waals surface area (Å²) in [6.07, 6.45) is 0.485. The Bertz CT molecular complexity index is 1670. The molecule has 2 aromatic carbocycles. The maximum Gasteiger partial charge on any atom is 0.325 e. The Kier molecular flexibility index (Phi) is 8.34. The predicted octanol–water partition coefficient (Wildman–Crippen LogP) is 3.62. The van der Waals surface area contributed by atoms with Gasteiger partial charge in [0.2, 0.25) is 0 Å². The first-order valence-electron chi connectivity index (χ1n) is 13.6. The van der Waals surface area contributed by atoms with Gasteiger partial charge < -0.3 is 29.0 Å². The molecular formula is C31H29N3O8S. The van der Waals surface area contributed by atoms with Gasteiger partial charge in [0.1, 0.15) is 42.1 Å². The van der Waals surface area contributed by atoms with Crippen LogP contribution in [-0.2, 0) is 30.3 Å². The van der Waals surface area contributed by atoms with E-state index in [-0.39, 0.29) is 35.9 Å². The molecule has 222 valence electrons. The van der Waals surface area contributed by atoms with E-state index >= 15 is 0 Å². The molecule has 2 saturated heterocycles. The van der Waals surface area contributed by atoms with E-state index in [0.717, 1.165) is 10.4 Å². The number of anilines is 1. The summed E-state index contributed by atoms with van der Waals surface area (Å²) in [6, 6.07) is 20.2. The molecule has 6 rings (SSSR count). The first kappa shape index (κ1) is 28.7. The Hall–Kier alpha value is -4.36. The van der Waals surface area contributed by atoms with Crippen molar-refractivity contribution in [1.29, 1.82) is 0 Å². The van der Waals surface area contributed by atoms with Crippen LogP contribution in [0.2, 0.25) is 0 Å². The molecule has 12 heteroatoms. The van der Waals surface area contributed by atoms with Crippen molar-refractivity contribution in [2.24, 2.45) is 0 Å². The second kappa shape index (κ2) is 12.5. The summed E-state index contributed by atoms with van der Waals surface area (Å²) in [4.78, 5) is 44.6. The third-order valence-corrected chi connectivity index (χ3v) is 8.50. The van der Waals surface area contributed by atoms with E-state index in [9.17, 15) is 14.4 Å². The molecule has 0 radical (unpaired) electrons. The zero-order chi connectivity index (χ0) is 29.9. The van der Waals surface area contributed by atoms with Crippen molar-refractivity contribution in [2.75, 3.05) is 32.8 Å². The number of thiophene rings is 1. The third kappa shape index (κ3) is 5.95. The van der Waals surface area contributed by atoms with Crippen LogP contribution in [0.4, 0.5) is 5.69 Å². The minimum Gasteiger partial charge on any atom is -0.485 e. The molecule has 2 aliphatic rings. The summed E-state index contributed by atoms with van der Waals surface area (Å²) in [5.41, 5.74) is 0.897. The Balaban J connectivity index is 1.21. The fourth-order valence-electron chi connectivity index (χ4n) is 5.14. The Morgan fingerprint density at radius 1 is 0.953 bits per heavy atom. The first-order valence-corrected chi connectivity index (χ1v) is 14.4. The molecule has 2 aliphatic heterocycles. The molecule has 0 saturated carbocycles. The highest BCUT2D eigenvalue weighted by molar-refractivity contribution is 7.17. The van der Waals surface area contributed by atoms with Crippen molar-refractivity contribution < 1.29 is 33.3 Å². The van der Waals surface area contributed by atoms with Crippen LogP contribution in [-0.4, -0.2) is 73.3 Å². The highest BCUT2D eigenvalue weighted by Gasteiger charge is 2.49. The second-order valence-corrected chi connectivity index (χ2v) is 11.1. The van der Waals surface area contributed by atoms with Gasteiger partial charge in [-0.3, -0.25) is 19.0 Å². The second-order valence-electron chi connectivity index (χ2n) is 10.00. The molecule has 11 nitrogen and oxygen atoms in total. The number of carbonyl (C=O) groups is 2. The summed E-state index contributed by atoms with van der Waals surface area (Å²) < 4.78 is 29.2. The highest BCUT2D eigenvalue weighted by Crippen LogP contribution is 2.32. The molecule has 0 bridgehead atoms. The fraction of sp³-hybridized carbons (Fsp3) is 0.290. The summed E-state index contributed by atoms with van der Waals surface area (Å²) >= 11 is 1.31. The van der Waals surface area contributed by atoms with Crippen LogP contribution in [0.1, 0.15) is 9.67 Å². The van der Waals surface area contributed by atoms with Crippen LogP contribution >= 0.6 is 11.3 Å². The van der Waals surface area contributed by atoms with E-state index in [2.05, 4.69) is 10.3 Å². The molecule has 0 spiro atoms. The third-order valence-electron chi connectivity index (χ3n) is 7.36. The van der Waals surface area contributed by atoms with E-state index < -0.39 is 24.0 Å². The monoisotopic (exact) mass is 603 g/mol. The van der Waals surface area contributed by atoms with Crippen LogP contribution in [0.5, 0.6) is 5.75 Å². The molecule has 0 aliphatic carbocycles. The number of nitrogens with zero attached hydrogens (tertiary/aromatic N) is 2. The van der Waals surface area contributed by atoms with Gasteiger partial charge in [-0.1, -0.05) is 30.3 Å². The number of hydrogen-bond donors (Lipinski definition) is 1. The summed E-state index contributed by atoms with van der Waals surface area (Å²) in [5.74, 6) is -0.278. The molecule has 4 aromatic rings. The van der Waals surface area contributed by atoms with E-state index in [0.29, 0.717) is 29.4 Å². The average molecular weight is 604 g/mol. The molecule has 1 amide bonds. The highest BCUT2D eigenvalue weighted by atomic mass is 32.1. The van der Waals surface area contributed by atoms with Crippen molar-refractivity contribution in [1.82, 2.24) is 9.55 Å². The van der Waals surface area contributed by atoms with E-state index in [1.54, 1.807) is 37.4 Å². The van der Waals surface area contributed by atoms with Gasteiger partial charge in [-0.05, 0) is 42.0 Å². The number of nitrogens with one attached hydrogen (secondary N) is 1. The van der Waals surface area contributed by atoms with Crippen LogP contribution in [0.3, 0.4) is 0 Å². The van der Waals surface area contributed by atoms with Gasteiger partial charge in [0.25, 0.3) is 11.5 Å². The van der Waals surface area contributed by atoms with Crippen molar-refractivity contribution >= 4 is 28.9 Å². The number of amides is 1. The number of ether oxygens (including phenoxy) is 5. The van der Waals surface area contributed by atoms with Crippen molar-refractivity contribution in [3.8, 4) is 27.6 Å². The zero-order valence-corrected chi connectivity index (χ0v) is 24.2. The summed E-state index contributed by atoms with van der Waals surface area (Å²) in [6.45, 7) is 0.438. The lowest BCUT2D eigenvalue weighted by Gasteiger charge is -2.18. The van der Waals surface area contributed by atoms with Gasteiger partial charge in [-0.15, -0.1) is 11.3 Å². The number of methoxy groups -OCH3 is 2. The molecule has 0 unspecified atom stereocenters. The standard InChI is InChI=1S/C31H29N3O8S/c1-38-22-16-40-28-23(17-41-27(22)28)42-20-10-8-19(9-11-20)29-32-14-21(31(37)34(29)15-26(35)39-2)33-30(36)25-13-12-24(43-25)18-6-4-3-5-7-18/h3-14,22-23,27-28H,15-17H2,1-2H3,(H,33,36)/t22-,23-,27-,28-/m1/s1. The number of hydrogen-bond acceptors (Lipinski definition) is 10. The summed E-state index contributed by atoms with van der Waals surface area (Å²) in [5, 5.41) is 2.65. The molecule has 2 fully saturated rings. The number of carbonyl (C=O) groups excluding carboxylic acids is 2. The van der Waals surface area contributed by atoms with Gasteiger partial charge in [-0.25, -0.2) is 4.98 Å². The first-order chi connectivity index (χ1) is 20.9. The molecule has 43 heavy (non-hydrogen) atoms. The van der Waals surface area contributed by atoms with Gasteiger partial charge in [0.15, 0.2) is 6.10 Å². The van der Waals surface area contributed by atoms with Crippen LogP contribution in [0.15, 0.2) is 77.7 Å². The van der Waals surface area contributed by atoms with Crippen LogP contribution < -0.4 is 15.6 Å². The normalized spacial score (nSPS) is 20.9. The molecule has 4 atom stereocenters. The van der Waals surface area contributed by atoms with Crippen molar-refractivity contribution in [3.05, 3.63) is 88.2 Å². The lowest BCUT2D eigenvalue weighted by atomic mass is 10.1. The molecule has 2 aromatic heterocycles. The SMILES string of the molecule is COC(=O)Cn1c(-c2ccc(O[C@@H]3CO[C@H]4[C@@H]3OC[C@H]4OC)cc2)ncc(NC(=O)c2ccc(-c3ccccc3)s2)c1=O. The van der Waals surface area contributed by atoms with Crippen molar-refractivity contribution in [2.45, 2.75) is 31.0 Å². The minimum absolute atomic E-state index is 0.0611. The smallest absolute Gasteiger partial charge is 0.325 e. The molecule has 4 heterocycles. The minimum atomic E-state index is -0.638. The lowest BCUT2D eigenvalue weighted by Crippen LogP contribution is -2.35. The van der Waals surface area contributed by atoms with E-state index in [1.807, 2.05) is 36.4 Å². The number of benzene rings is 2. The summed E-state index contributed by atoms with van der Waals surface area (Å²) in [7, 11) is 2.87. The van der Waals surface area contributed by atoms with Gasteiger partial charge in [-0.2, -0.15) is 0 Å². The lowest BCUT2D eigenvalue weighted by molar-refractivity contribution is -0.141. The van der Waals surface area contributed by atoms with E-state index in [1.165, 1.54) is 29.2 Å². The van der Waals surface area contributed by atoms with Crippen LogP contribution in [0, 0.1) is 0 Å². The van der Waals surface area contributed by atoms with Crippen molar-refractivity contribution in [3.63, 3.8) is 0 Å². The number of rotatable bonds is 9. The van der Waals surface area contributed by atoms with Crippen LogP contribution in [0.25, 0.3) is 21.8 Å². The maximum atomic E-state index is 13.5. The van der Waals surface area contributed by atoms with E-state index in [4.69, 9.17) is 23.7 Å². The number of fused-ring (bicyclic) bond motifs is 1. The number of esters is 1. The fourth-order valence-corrected chi connectivity index (χ4v) is 6.05. The predicted molar refractivity (Wildman–Crippen MR) is 158 cm³/mol. The topological polar surface area (TPSA) is 127 Å². The molecular weight excluding hydrogens is 574 g/mol. The zero-order valence-electron chi connectivity index (χ0n) is 23.4. The average Bonchev–Trinajstić information content (AvgIpc) is 3.78. The largest absolute Gasteiger partial charge is 0.485 e. The molecule has 1 N–H and O–H groups in total. The maximum absolute atomic E-state index is 13.5. The Labute approximate surface area is 250 Å². The number of aromatic nitrogens is 2. The quantitative estimate of drug-likeness (QED) is 0.285. The van der Waals surface area contributed by atoms with Gasteiger partial charge in [0, 0.05) is 17.6 Å². The Morgan fingerprint density at radius 3 is 2.40 bits per heavy atom.